The van der Waals surface area contributed by atoms with Crippen LogP contribution in [-0.2, 0) is 0 Å². The molecule has 0 atom stereocenters. The summed E-state index contributed by atoms with van der Waals surface area (Å²) in [4.78, 5) is 1.54. The summed E-state index contributed by atoms with van der Waals surface area (Å²) >= 11 is 3.49. The van der Waals surface area contributed by atoms with Gasteiger partial charge in [-0.25, -0.2) is 0 Å². The molecule has 0 fully saturated rings. The van der Waals surface area contributed by atoms with Crippen molar-refractivity contribution in [2.24, 2.45) is 0 Å². The minimum absolute atomic E-state index is 0.605. The van der Waals surface area contributed by atoms with Crippen molar-refractivity contribution >= 4 is 15.9 Å². The summed E-state index contributed by atoms with van der Waals surface area (Å²) in [5.41, 5.74) is 3.03. The lowest BCUT2D eigenvalue weighted by Gasteiger charge is -1.99. The topological polar surface area (TPSA) is 43.6 Å². The van der Waals surface area contributed by atoms with Crippen LogP contribution in [0.2, 0.25) is 0 Å². The minimum atomic E-state index is 0.605. The van der Waals surface area contributed by atoms with Gasteiger partial charge in [0.05, 0.1) is 5.69 Å². The molecule has 0 radical (unpaired) electrons. The molecule has 0 unspecified atom stereocenters. The van der Waals surface area contributed by atoms with Crippen LogP contribution >= 0.6 is 15.9 Å². The average molecular weight is 315 g/mol. The van der Waals surface area contributed by atoms with E-state index >= 15 is 0 Å². The normalized spacial score (nSPS) is 10.6. The molecule has 0 bridgehead atoms. The third-order valence-corrected chi connectivity index (χ3v) is 3.48. The number of tetrazole rings is 1. The van der Waals surface area contributed by atoms with Gasteiger partial charge in [0.25, 0.3) is 0 Å². The Hall–Kier alpha value is -2.01. The quantitative estimate of drug-likeness (QED) is 0.728. The smallest absolute Gasteiger partial charge is 0.130 e. The van der Waals surface area contributed by atoms with Crippen LogP contribution in [-0.4, -0.2) is 20.2 Å². The number of halogens is 1. The summed E-state index contributed by atoms with van der Waals surface area (Å²) in [6, 6.07) is 15.8. The number of aromatic nitrogens is 4. The second-order valence-electron chi connectivity index (χ2n) is 4.22. The standard InChI is InChI=1S/C14H11BrN4/c1-10-6-8-11(9-7-10)19-17-14(16-18-19)12-4-2-3-5-13(12)15/h2-9H,1H3. The number of benzene rings is 2. The van der Waals surface area contributed by atoms with Gasteiger partial charge in [-0.15, -0.1) is 15.0 Å². The molecule has 3 aromatic rings. The highest BCUT2D eigenvalue weighted by molar-refractivity contribution is 9.10. The molecule has 94 valence electrons. The molecule has 2 aromatic carbocycles. The fourth-order valence-electron chi connectivity index (χ4n) is 1.75. The summed E-state index contributed by atoms with van der Waals surface area (Å²) in [6.45, 7) is 2.05. The summed E-state index contributed by atoms with van der Waals surface area (Å²) in [5.74, 6) is 0.605. The highest BCUT2D eigenvalue weighted by atomic mass is 79.9. The Kier molecular flexibility index (Phi) is 3.13. The average Bonchev–Trinajstić information content (AvgIpc) is 2.89. The Morgan fingerprint density at radius 3 is 2.47 bits per heavy atom. The molecule has 0 saturated heterocycles. The van der Waals surface area contributed by atoms with E-state index in [4.69, 9.17) is 0 Å². The molecule has 3 rings (SSSR count). The van der Waals surface area contributed by atoms with Crippen LogP contribution in [0.3, 0.4) is 0 Å². The van der Waals surface area contributed by atoms with E-state index in [1.807, 2.05) is 55.5 Å². The van der Waals surface area contributed by atoms with Crippen molar-refractivity contribution in [2.75, 3.05) is 0 Å². The maximum atomic E-state index is 4.41. The Bertz CT molecular complexity index is 703. The lowest BCUT2D eigenvalue weighted by molar-refractivity contribution is 0.720. The van der Waals surface area contributed by atoms with Gasteiger partial charge in [-0.2, -0.15) is 0 Å². The highest BCUT2D eigenvalue weighted by Crippen LogP contribution is 2.24. The number of nitrogens with zero attached hydrogens (tertiary/aromatic N) is 4. The second-order valence-corrected chi connectivity index (χ2v) is 5.07. The van der Waals surface area contributed by atoms with Crippen molar-refractivity contribution in [2.45, 2.75) is 6.92 Å². The molecule has 1 heterocycles. The van der Waals surface area contributed by atoms with Gasteiger partial charge >= 0.3 is 0 Å². The molecule has 0 saturated carbocycles. The van der Waals surface area contributed by atoms with E-state index in [0.717, 1.165) is 15.7 Å². The van der Waals surface area contributed by atoms with Crippen LogP contribution < -0.4 is 0 Å². The van der Waals surface area contributed by atoms with Crippen molar-refractivity contribution in [3.8, 4) is 17.1 Å². The van der Waals surface area contributed by atoms with E-state index in [-0.39, 0.29) is 0 Å². The zero-order valence-electron chi connectivity index (χ0n) is 10.3. The molecule has 0 aliphatic carbocycles. The molecule has 0 N–H and O–H groups in total. The SMILES string of the molecule is Cc1ccc(-n2nnc(-c3ccccc3Br)n2)cc1. The van der Waals surface area contributed by atoms with Crippen LogP contribution in [0.5, 0.6) is 0 Å². The molecule has 4 nitrogen and oxygen atoms in total. The fraction of sp³-hybridized carbons (Fsp3) is 0.0714. The molecule has 0 aliphatic heterocycles. The Morgan fingerprint density at radius 1 is 1.00 bits per heavy atom. The molecule has 0 amide bonds. The Balaban J connectivity index is 2.00. The first-order valence-corrected chi connectivity index (χ1v) is 6.65. The third-order valence-electron chi connectivity index (χ3n) is 2.79. The van der Waals surface area contributed by atoms with Crippen LogP contribution in [0, 0.1) is 6.92 Å². The highest BCUT2D eigenvalue weighted by Gasteiger charge is 2.09. The van der Waals surface area contributed by atoms with E-state index in [1.54, 1.807) is 0 Å². The van der Waals surface area contributed by atoms with Crippen molar-refractivity contribution in [1.29, 1.82) is 0 Å². The zero-order chi connectivity index (χ0) is 13.2. The van der Waals surface area contributed by atoms with E-state index in [0.29, 0.717) is 5.82 Å². The predicted molar refractivity (Wildman–Crippen MR) is 77.0 cm³/mol. The van der Waals surface area contributed by atoms with Crippen LogP contribution in [0.1, 0.15) is 5.56 Å². The zero-order valence-corrected chi connectivity index (χ0v) is 11.9. The van der Waals surface area contributed by atoms with Crippen molar-refractivity contribution < 1.29 is 0 Å². The number of rotatable bonds is 2. The van der Waals surface area contributed by atoms with Gasteiger partial charge < -0.3 is 0 Å². The first-order chi connectivity index (χ1) is 9.24. The lowest BCUT2D eigenvalue weighted by Crippen LogP contribution is -1.98. The largest absolute Gasteiger partial charge is 0.206 e. The first-order valence-electron chi connectivity index (χ1n) is 5.86. The summed E-state index contributed by atoms with van der Waals surface area (Å²) in [6.07, 6.45) is 0. The van der Waals surface area contributed by atoms with Gasteiger partial charge in [-0.1, -0.05) is 45.8 Å². The van der Waals surface area contributed by atoms with E-state index in [1.165, 1.54) is 10.4 Å². The van der Waals surface area contributed by atoms with Gasteiger partial charge in [-0.3, -0.25) is 0 Å². The number of aryl methyl sites for hydroxylation is 1. The van der Waals surface area contributed by atoms with Gasteiger partial charge in [0, 0.05) is 10.0 Å². The van der Waals surface area contributed by atoms with Gasteiger partial charge in [0.15, 0.2) is 0 Å². The van der Waals surface area contributed by atoms with Gasteiger partial charge in [0.1, 0.15) is 0 Å². The Morgan fingerprint density at radius 2 is 1.74 bits per heavy atom. The van der Waals surface area contributed by atoms with Gasteiger partial charge in [0.2, 0.25) is 5.82 Å². The second kappa shape index (κ2) is 4.93. The maximum absolute atomic E-state index is 4.41. The molecule has 1 aromatic heterocycles. The number of hydrogen-bond acceptors (Lipinski definition) is 3. The summed E-state index contributed by atoms with van der Waals surface area (Å²) in [5, 5.41) is 12.6. The summed E-state index contributed by atoms with van der Waals surface area (Å²) < 4.78 is 0.957. The maximum Gasteiger partial charge on any atom is 0.206 e. The minimum Gasteiger partial charge on any atom is -0.130 e. The first kappa shape index (κ1) is 12.0. The molecular formula is C14H11BrN4. The molecule has 0 spiro atoms. The molecular weight excluding hydrogens is 304 g/mol. The van der Waals surface area contributed by atoms with Crippen LogP contribution in [0.25, 0.3) is 17.1 Å². The lowest BCUT2D eigenvalue weighted by atomic mass is 10.2. The van der Waals surface area contributed by atoms with Crippen molar-refractivity contribution in [1.82, 2.24) is 20.2 Å². The van der Waals surface area contributed by atoms with E-state index in [9.17, 15) is 0 Å². The summed E-state index contributed by atoms with van der Waals surface area (Å²) in [7, 11) is 0. The fourth-order valence-corrected chi connectivity index (χ4v) is 2.21. The Labute approximate surface area is 119 Å². The van der Waals surface area contributed by atoms with Crippen molar-refractivity contribution in [3.05, 3.63) is 58.6 Å². The predicted octanol–water partition coefficient (Wildman–Crippen LogP) is 3.40. The van der Waals surface area contributed by atoms with Gasteiger partial charge in [-0.05, 0) is 36.4 Å². The van der Waals surface area contributed by atoms with Crippen LogP contribution in [0.4, 0.5) is 0 Å². The van der Waals surface area contributed by atoms with E-state index in [2.05, 4.69) is 31.3 Å². The number of hydrogen-bond donors (Lipinski definition) is 0. The van der Waals surface area contributed by atoms with Crippen molar-refractivity contribution in [3.63, 3.8) is 0 Å². The monoisotopic (exact) mass is 314 g/mol. The molecule has 5 heteroatoms. The van der Waals surface area contributed by atoms with Crippen LogP contribution in [0.15, 0.2) is 53.0 Å². The van der Waals surface area contributed by atoms with E-state index < -0.39 is 0 Å². The molecule has 0 aliphatic rings. The molecule has 19 heavy (non-hydrogen) atoms. The third kappa shape index (κ3) is 2.42.